The topological polar surface area (TPSA) is 114 Å². The van der Waals surface area contributed by atoms with Crippen LogP contribution < -0.4 is 16.4 Å². The number of benzene rings is 2. The molecule has 0 radical (unpaired) electrons. The average molecular weight is 635 g/mol. The van der Waals surface area contributed by atoms with Gasteiger partial charge >= 0.3 is 6.18 Å². The number of fused-ring (bicyclic) bond motifs is 1. The van der Waals surface area contributed by atoms with Gasteiger partial charge < -0.3 is 25.8 Å². The fourth-order valence-electron chi connectivity index (χ4n) is 5.04. The van der Waals surface area contributed by atoms with Crippen LogP contribution >= 0.6 is 0 Å². The predicted octanol–water partition coefficient (Wildman–Crippen LogP) is 6.04. The van der Waals surface area contributed by atoms with Gasteiger partial charge in [-0.3, -0.25) is 4.79 Å². The molecule has 2 aromatic carbocycles. The number of aromatic nitrogens is 4. The van der Waals surface area contributed by atoms with Gasteiger partial charge in [0.05, 0.1) is 16.5 Å². The first-order chi connectivity index (χ1) is 21.9. The number of pyridine rings is 1. The van der Waals surface area contributed by atoms with Crippen LogP contribution in [-0.2, 0) is 25.8 Å². The SMILES string of the molecule is Cc1ccc(CNC(=O)c2cc(C(F)(F)F)cnc2NCc2ccc(-c3cn(CCCN(C)C)c4ncnc(N)c34)cc2)cc1F. The van der Waals surface area contributed by atoms with Crippen LogP contribution in [0.25, 0.3) is 22.2 Å². The number of carbonyl (C=O) groups is 1. The van der Waals surface area contributed by atoms with E-state index in [4.69, 9.17) is 5.73 Å². The highest BCUT2D eigenvalue weighted by Gasteiger charge is 2.32. The molecule has 0 saturated heterocycles. The molecule has 13 heteroatoms. The number of aryl methyl sites for hydroxylation is 2. The Bertz CT molecular complexity index is 1850. The number of nitrogens with two attached hydrogens (primary N) is 1. The standard InChI is InChI=1S/C33H34F4N8O/c1-20-5-6-22(13-27(20)34)16-41-32(46)25-14-24(33(35,36)37)17-40-30(25)39-15-21-7-9-23(10-8-21)26-18-45(12-4-11-44(2)3)31-28(26)29(38)42-19-43-31/h5-10,13-14,17-19H,4,11-12,15-16H2,1-3H3,(H,39,40)(H,41,46)(H2,38,42,43). The van der Waals surface area contributed by atoms with E-state index in [1.807, 2.05) is 44.6 Å². The number of nitrogens with zero attached hydrogens (tertiary/aromatic N) is 5. The maximum atomic E-state index is 13.9. The van der Waals surface area contributed by atoms with Crippen molar-refractivity contribution in [2.45, 2.75) is 39.2 Å². The molecule has 0 fully saturated rings. The number of alkyl halides is 3. The number of carbonyl (C=O) groups excluding carboxylic acids is 1. The van der Waals surface area contributed by atoms with Crippen molar-refractivity contribution in [2.24, 2.45) is 0 Å². The van der Waals surface area contributed by atoms with Gasteiger partial charge in [0.1, 0.15) is 29.4 Å². The third-order valence-corrected chi connectivity index (χ3v) is 7.56. The van der Waals surface area contributed by atoms with E-state index in [2.05, 4.69) is 35.1 Å². The number of hydrogen-bond donors (Lipinski definition) is 3. The van der Waals surface area contributed by atoms with Crippen LogP contribution in [0.15, 0.2) is 67.3 Å². The summed E-state index contributed by atoms with van der Waals surface area (Å²) >= 11 is 0. The summed E-state index contributed by atoms with van der Waals surface area (Å²) in [7, 11) is 4.05. The largest absolute Gasteiger partial charge is 0.417 e. The molecule has 0 aliphatic heterocycles. The van der Waals surface area contributed by atoms with E-state index in [0.717, 1.165) is 53.3 Å². The van der Waals surface area contributed by atoms with Crippen molar-refractivity contribution in [1.82, 2.24) is 29.7 Å². The van der Waals surface area contributed by atoms with Gasteiger partial charge in [0.25, 0.3) is 5.91 Å². The van der Waals surface area contributed by atoms with Crippen LogP contribution in [0, 0.1) is 12.7 Å². The molecule has 1 amide bonds. The maximum absolute atomic E-state index is 13.9. The van der Waals surface area contributed by atoms with Crippen LogP contribution in [0.5, 0.6) is 0 Å². The molecule has 0 aliphatic rings. The Morgan fingerprint density at radius 1 is 1.00 bits per heavy atom. The zero-order valence-corrected chi connectivity index (χ0v) is 25.6. The number of nitrogens with one attached hydrogen (secondary N) is 2. The number of amides is 1. The summed E-state index contributed by atoms with van der Waals surface area (Å²) in [6.07, 6.45) is 0.372. The van der Waals surface area contributed by atoms with Gasteiger partial charge in [-0.25, -0.2) is 19.3 Å². The smallest absolute Gasteiger partial charge is 0.383 e. The van der Waals surface area contributed by atoms with E-state index in [1.165, 1.54) is 12.4 Å². The zero-order chi connectivity index (χ0) is 33.0. The van der Waals surface area contributed by atoms with Crippen molar-refractivity contribution in [3.05, 3.63) is 101 Å². The summed E-state index contributed by atoms with van der Waals surface area (Å²) in [6, 6.07) is 12.8. The third kappa shape index (κ3) is 7.42. The number of hydrogen-bond acceptors (Lipinski definition) is 7. The molecule has 0 spiro atoms. The lowest BCUT2D eigenvalue weighted by Crippen LogP contribution is -2.25. The summed E-state index contributed by atoms with van der Waals surface area (Å²) < 4.78 is 56.5. The minimum Gasteiger partial charge on any atom is -0.383 e. The summed E-state index contributed by atoms with van der Waals surface area (Å²) in [6.45, 7) is 3.39. The molecule has 0 atom stereocenters. The number of nitrogen functional groups attached to an aromatic ring is 1. The molecule has 4 N–H and O–H groups in total. The van der Waals surface area contributed by atoms with Gasteiger partial charge in [0, 0.05) is 37.6 Å². The first-order valence-corrected chi connectivity index (χ1v) is 14.6. The number of anilines is 2. The maximum Gasteiger partial charge on any atom is 0.417 e. The fourth-order valence-corrected chi connectivity index (χ4v) is 5.04. The predicted molar refractivity (Wildman–Crippen MR) is 169 cm³/mol. The lowest BCUT2D eigenvalue weighted by molar-refractivity contribution is -0.137. The molecule has 5 aromatic rings. The second kappa shape index (κ2) is 13.5. The molecule has 3 aromatic heterocycles. The first-order valence-electron chi connectivity index (χ1n) is 14.6. The van der Waals surface area contributed by atoms with Crippen LogP contribution in [0.1, 0.15) is 39.0 Å². The normalized spacial score (nSPS) is 11.7. The molecular formula is C33H34F4N8O. The molecule has 46 heavy (non-hydrogen) atoms. The van der Waals surface area contributed by atoms with Crippen molar-refractivity contribution in [3.8, 4) is 11.1 Å². The van der Waals surface area contributed by atoms with E-state index in [9.17, 15) is 22.4 Å². The Hall–Kier alpha value is -5.04. The minimum atomic E-state index is -4.69. The Kier molecular flexibility index (Phi) is 9.52. The van der Waals surface area contributed by atoms with E-state index in [1.54, 1.807) is 19.1 Å². The monoisotopic (exact) mass is 634 g/mol. The van der Waals surface area contributed by atoms with E-state index in [0.29, 0.717) is 23.1 Å². The fraction of sp³-hybridized carbons (Fsp3) is 0.273. The summed E-state index contributed by atoms with van der Waals surface area (Å²) in [5, 5.41) is 6.32. The lowest BCUT2D eigenvalue weighted by atomic mass is 10.0. The molecule has 9 nitrogen and oxygen atoms in total. The first kappa shape index (κ1) is 32.4. The Morgan fingerprint density at radius 2 is 1.74 bits per heavy atom. The highest BCUT2D eigenvalue weighted by Crippen LogP contribution is 2.34. The number of rotatable bonds is 11. The van der Waals surface area contributed by atoms with E-state index >= 15 is 0 Å². The molecule has 0 aliphatic carbocycles. The van der Waals surface area contributed by atoms with Crippen LogP contribution in [0.4, 0.5) is 29.2 Å². The summed E-state index contributed by atoms with van der Waals surface area (Å²) in [5.41, 5.74) is 9.15. The van der Waals surface area contributed by atoms with Crippen molar-refractivity contribution in [3.63, 3.8) is 0 Å². The summed E-state index contributed by atoms with van der Waals surface area (Å²) in [4.78, 5) is 27.7. The highest BCUT2D eigenvalue weighted by molar-refractivity contribution is 6.01. The lowest BCUT2D eigenvalue weighted by Gasteiger charge is -2.15. The molecule has 3 heterocycles. The zero-order valence-electron chi connectivity index (χ0n) is 25.6. The van der Waals surface area contributed by atoms with Crippen molar-refractivity contribution in [2.75, 3.05) is 31.7 Å². The average Bonchev–Trinajstić information content (AvgIpc) is 3.39. The molecule has 5 rings (SSSR count). The summed E-state index contributed by atoms with van der Waals surface area (Å²) in [5.74, 6) is -0.859. The minimum absolute atomic E-state index is 0.0182. The second-order valence-corrected chi connectivity index (χ2v) is 11.3. The molecule has 0 bridgehead atoms. The van der Waals surface area contributed by atoms with Crippen molar-refractivity contribution in [1.29, 1.82) is 0 Å². The number of halogens is 4. The second-order valence-electron chi connectivity index (χ2n) is 11.3. The van der Waals surface area contributed by atoms with Crippen LogP contribution in [0.2, 0.25) is 0 Å². The van der Waals surface area contributed by atoms with Crippen molar-refractivity contribution >= 4 is 28.6 Å². The Labute approximate surface area is 263 Å². The Morgan fingerprint density at radius 3 is 2.43 bits per heavy atom. The van der Waals surface area contributed by atoms with E-state index < -0.39 is 23.5 Å². The molecular weight excluding hydrogens is 600 g/mol. The molecule has 0 saturated carbocycles. The van der Waals surface area contributed by atoms with Gasteiger partial charge in [-0.1, -0.05) is 36.4 Å². The van der Waals surface area contributed by atoms with Crippen LogP contribution in [0.3, 0.4) is 0 Å². The highest BCUT2D eigenvalue weighted by atomic mass is 19.4. The molecule has 240 valence electrons. The van der Waals surface area contributed by atoms with Gasteiger partial charge in [-0.15, -0.1) is 0 Å². The third-order valence-electron chi connectivity index (χ3n) is 7.56. The van der Waals surface area contributed by atoms with E-state index in [-0.39, 0.29) is 24.5 Å². The van der Waals surface area contributed by atoms with Gasteiger partial charge in [-0.2, -0.15) is 13.2 Å². The molecule has 0 unspecified atom stereocenters. The quantitative estimate of drug-likeness (QED) is 0.152. The van der Waals surface area contributed by atoms with Gasteiger partial charge in [0.15, 0.2) is 0 Å². The van der Waals surface area contributed by atoms with Crippen molar-refractivity contribution < 1.29 is 22.4 Å². The van der Waals surface area contributed by atoms with Crippen LogP contribution in [-0.4, -0.2) is 51.0 Å². The van der Waals surface area contributed by atoms with Gasteiger partial charge in [0.2, 0.25) is 0 Å². The van der Waals surface area contributed by atoms with Gasteiger partial charge in [-0.05, 0) is 68.4 Å². The Balaban J connectivity index is 1.34.